The van der Waals surface area contributed by atoms with E-state index in [1.165, 1.54) is 7.11 Å². The Morgan fingerprint density at radius 3 is 2.75 bits per heavy atom. The van der Waals surface area contributed by atoms with Gasteiger partial charge in [-0.05, 0) is 24.6 Å². The SMILES string of the molecule is CCC(C(=O)O)S(=O)c1cccc(OC)c1. The number of benzene rings is 1. The van der Waals surface area contributed by atoms with Gasteiger partial charge in [0.1, 0.15) is 11.0 Å². The summed E-state index contributed by atoms with van der Waals surface area (Å²) >= 11 is 0. The first kappa shape index (κ1) is 12.7. The molecule has 0 aliphatic carbocycles. The van der Waals surface area contributed by atoms with E-state index in [9.17, 15) is 9.00 Å². The molecule has 88 valence electrons. The molecule has 0 fully saturated rings. The molecular weight excluding hydrogens is 228 g/mol. The van der Waals surface area contributed by atoms with Gasteiger partial charge in [0.15, 0.2) is 0 Å². The average Bonchev–Trinajstić information content (AvgIpc) is 2.29. The number of aliphatic carboxylic acids is 1. The van der Waals surface area contributed by atoms with E-state index in [0.717, 1.165) is 0 Å². The summed E-state index contributed by atoms with van der Waals surface area (Å²) in [7, 11) is -0.0323. The lowest BCUT2D eigenvalue weighted by Crippen LogP contribution is -2.24. The van der Waals surface area contributed by atoms with Crippen LogP contribution >= 0.6 is 0 Å². The van der Waals surface area contributed by atoms with Crippen LogP contribution in [-0.2, 0) is 15.6 Å². The van der Waals surface area contributed by atoms with Crippen LogP contribution in [0.2, 0.25) is 0 Å². The van der Waals surface area contributed by atoms with Gasteiger partial charge >= 0.3 is 5.97 Å². The van der Waals surface area contributed by atoms with Gasteiger partial charge in [-0.2, -0.15) is 0 Å². The highest BCUT2D eigenvalue weighted by Gasteiger charge is 2.24. The molecule has 0 amide bonds. The maximum atomic E-state index is 12.0. The van der Waals surface area contributed by atoms with E-state index in [4.69, 9.17) is 9.84 Å². The second-order valence-electron chi connectivity index (χ2n) is 3.21. The van der Waals surface area contributed by atoms with Crippen molar-refractivity contribution >= 4 is 16.8 Å². The zero-order valence-electron chi connectivity index (χ0n) is 9.17. The van der Waals surface area contributed by atoms with Crippen LogP contribution in [0.5, 0.6) is 5.75 Å². The lowest BCUT2D eigenvalue weighted by Gasteiger charge is -2.10. The van der Waals surface area contributed by atoms with Crippen LogP contribution in [0.1, 0.15) is 13.3 Å². The lowest BCUT2D eigenvalue weighted by atomic mass is 10.3. The molecule has 1 aromatic rings. The molecule has 0 radical (unpaired) electrons. The van der Waals surface area contributed by atoms with Gasteiger partial charge in [-0.3, -0.25) is 9.00 Å². The Morgan fingerprint density at radius 1 is 1.56 bits per heavy atom. The summed E-state index contributed by atoms with van der Waals surface area (Å²) in [5.41, 5.74) is 0. The van der Waals surface area contributed by atoms with Crippen LogP contribution in [0.3, 0.4) is 0 Å². The molecule has 0 aliphatic rings. The fraction of sp³-hybridized carbons (Fsp3) is 0.364. The van der Waals surface area contributed by atoms with Crippen LogP contribution in [-0.4, -0.2) is 27.6 Å². The third-order valence-electron chi connectivity index (χ3n) is 2.18. The molecular formula is C11H14O4S. The molecule has 1 aromatic carbocycles. The average molecular weight is 242 g/mol. The standard InChI is InChI=1S/C11H14O4S/c1-3-10(11(12)13)16(14)9-6-4-5-8(7-9)15-2/h4-7,10H,3H2,1-2H3,(H,12,13). The summed E-state index contributed by atoms with van der Waals surface area (Å²) < 4.78 is 17.0. The van der Waals surface area contributed by atoms with Crippen LogP contribution in [0.15, 0.2) is 29.2 Å². The van der Waals surface area contributed by atoms with Crippen molar-refractivity contribution in [2.24, 2.45) is 0 Å². The van der Waals surface area contributed by atoms with E-state index in [-0.39, 0.29) is 0 Å². The predicted octanol–water partition coefficient (Wildman–Crippen LogP) is 1.67. The quantitative estimate of drug-likeness (QED) is 0.853. The monoisotopic (exact) mass is 242 g/mol. The predicted molar refractivity (Wildman–Crippen MR) is 61.1 cm³/mol. The van der Waals surface area contributed by atoms with E-state index < -0.39 is 22.0 Å². The largest absolute Gasteiger partial charge is 0.497 e. The minimum absolute atomic E-state index is 0.332. The van der Waals surface area contributed by atoms with Crippen molar-refractivity contribution in [3.05, 3.63) is 24.3 Å². The Hall–Kier alpha value is -1.36. The van der Waals surface area contributed by atoms with Gasteiger partial charge in [0.05, 0.1) is 17.9 Å². The van der Waals surface area contributed by atoms with Gasteiger partial charge in [0.2, 0.25) is 0 Å². The molecule has 5 heteroatoms. The topological polar surface area (TPSA) is 63.6 Å². The number of carboxylic acids is 1. The van der Waals surface area contributed by atoms with Gasteiger partial charge in [-0.15, -0.1) is 0 Å². The molecule has 0 aromatic heterocycles. The summed E-state index contributed by atoms with van der Waals surface area (Å²) in [4.78, 5) is 11.4. The molecule has 2 atom stereocenters. The maximum Gasteiger partial charge on any atom is 0.319 e. The third kappa shape index (κ3) is 2.82. The Bertz CT molecular complexity index is 403. The van der Waals surface area contributed by atoms with Crippen molar-refractivity contribution in [2.75, 3.05) is 7.11 Å². The Morgan fingerprint density at radius 2 is 2.25 bits per heavy atom. The third-order valence-corrected chi connectivity index (χ3v) is 3.95. The normalized spacial score (nSPS) is 14.1. The maximum absolute atomic E-state index is 12.0. The number of hydrogen-bond donors (Lipinski definition) is 1. The summed E-state index contributed by atoms with van der Waals surface area (Å²) in [6.07, 6.45) is 0.332. The van der Waals surface area contributed by atoms with E-state index in [0.29, 0.717) is 17.1 Å². The molecule has 0 aliphatic heterocycles. The summed E-state index contributed by atoms with van der Waals surface area (Å²) in [6, 6.07) is 6.66. The molecule has 0 saturated heterocycles. The van der Waals surface area contributed by atoms with E-state index in [1.54, 1.807) is 31.2 Å². The number of carboxylic acid groups (broad SMARTS) is 1. The number of rotatable bonds is 5. The van der Waals surface area contributed by atoms with Crippen molar-refractivity contribution < 1.29 is 18.8 Å². The molecule has 0 heterocycles. The Kier molecular flexibility index (Phi) is 4.49. The van der Waals surface area contributed by atoms with Gasteiger partial charge in [-0.1, -0.05) is 13.0 Å². The number of methoxy groups -OCH3 is 1. The first-order valence-corrected chi connectivity index (χ1v) is 6.08. The van der Waals surface area contributed by atoms with Crippen LogP contribution in [0.4, 0.5) is 0 Å². The van der Waals surface area contributed by atoms with Gasteiger partial charge in [-0.25, -0.2) is 0 Å². The minimum Gasteiger partial charge on any atom is -0.497 e. The molecule has 4 nitrogen and oxygen atoms in total. The first-order valence-electron chi connectivity index (χ1n) is 4.87. The smallest absolute Gasteiger partial charge is 0.319 e. The van der Waals surface area contributed by atoms with E-state index in [2.05, 4.69) is 0 Å². The molecule has 2 unspecified atom stereocenters. The number of hydrogen-bond acceptors (Lipinski definition) is 3. The van der Waals surface area contributed by atoms with Gasteiger partial charge < -0.3 is 9.84 Å². The Balaban J connectivity index is 2.98. The number of ether oxygens (including phenoxy) is 1. The summed E-state index contributed by atoms with van der Waals surface area (Å²) in [6.45, 7) is 1.71. The van der Waals surface area contributed by atoms with E-state index >= 15 is 0 Å². The highest BCUT2D eigenvalue weighted by molar-refractivity contribution is 7.86. The van der Waals surface area contributed by atoms with Crippen molar-refractivity contribution in [1.29, 1.82) is 0 Å². The molecule has 0 spiro atoms. The summed E-state index contributed by atoms with van der Waals surface area (Å²) in [5.74, 6) is -0.463. The van der Waals surface area contributed by atoms with Crippen molar-refractivity contribution in [3.63, 3.8) is 0 Å². The van der Waals surface area contributed by atoms with Crippen molar-refractivity contribution in [2.45, 2.75) is 23.5 Å². The highest BCUT2D eigenvalue weighted by Crippen LogP contribution is 2.19. The zero-order valence-corrected chi connectivity index (χ0v) is 9.99. The highest BCUT2D eigenvalue weighted by atomic mass is 32.2. The molecule has 0 bridgehead atoms. The molecule has 0 saturated carbocycles. The fourth-order valence-electron chi connectivity index (χ4n) is 1.31. The van der Waals surface area contributed by atoms with Crippen LogP contribution in [0.25, 0.3) is 0 Å². The van der Waals surface area contributed by atoms with Crippen molar-refractivity contribution in [3.8, 4) is 5.75 Å². The second-order valence-corrected chi connectivity index (χ2v) is 4.85. The van der Waals surface area contributed by atoms with Crippen LogP contribution in [0, 0.1) is 0 Å². The molecule has 1 N–H and O–H groups in total. The lowest BCUT2D eigenvalue weighted by molar-refractivity contribution is -0.136. The number of carbonyl (C=O) groups is 1. The van der Waals surface area contributed by atoms with Gasteiger partial charge in [0.25, 0.3) is 0 Å². The Labute approximate surface area is 96.7 Å². The molecule has 1 rings (SSSR count). The zero-order chi connectivity index (χ0) is 12.1. The fourth-order valence-corrected chi connectivity index (χ4v) is 2.57. The minimum atomic E-state index is -1.54. The van der Waals surface area contributed by atoms with Crippen LogP contribution < -0.4 is 4.74 Å². The summed E-state index contributed by atoms with van der Waals surface area (Å²) in [5, 5.41) is 8.04. The van der Waals surface area contributed by atoms with Crippen molar-refractivity contribution in [1.82, 2.24) is 0 Å². The first-order chi connectivity index (χ1) is 7.60. The molecule has 16 heavy (non-hydrogen) atoms. The second kappa shape index (κ2) is 5.65. The van der Waals surface area contributed by atoms with E-state index in [1.807, 2.05) is 0 Å². The van der Waals surface area contributed by atoms with Gasteiger partial charge in [0, 0.05) is 4.90 Å².